The number of anilines is 1. The fraction of sp³-hybridized carbons (Fsp3) is 0.111. The number of phenols is 2. The standard InChI is InChI=1S/C18H15ClN2O5/c1-25-15-4-3-12(8-16(15)26-2)21-18(24)11(9-20)5-10-6-13(19)17(23)14(22)7-10/h3-8,22-23H,1-2H3,(H,21,24)/b11-5+. The zero-order valence-electron chi connectivity index (χ0n) is 13.9. The van der Waals surface area contributed by atoms with Crippen LogP contribution in [0.5, 0.6) is 23.0 Å². The first-order chi connectivity index (χ1) is 12.4. The molecule has 0 radical (unpaired) electrons. The Morgan fingerprint density at radius 3 is 2.46 bits per heavy atom. The topological polar surface area (TPSA) is 112 Å². The van der Waals surface area contributed by atoms with Gasteiger partial charge in [0.15, 0.2) is 23.0 Å². The maximum atomic E-state index is 12.3. The number of methoxy groups -OCH3 is 2. The van der Waals surface area contributed by atoms with Crippen molar-refractivity contribution >= 4 is 29.3 Å². The lowest BCUT2D eigenvalue weighted by atomic mass is 10.1. The summed E-state index contributed by atoms with van der Waals surface area (Å²) in [4.78, 5) is 12.3. The summed E-state index contributed by atoms with van der Waals surface area (Å²) in [6, 6.07) is 9.04. The average Bonchev–Trinajstić information content (AvgIpc) is 2.63. The summed E-state index contributed by atoms with van der Waals surface area (Å²) >= 11 is 5.77. The largest absolute Gasteiger partial charge is 0.504 e. The third-order valence-corrected chi connectivity index (χ3v) is 3.67. The number of amides is 1. The summed E-state index contributed by atoms with van der Waals surface area (Å²) in [6.45, 7) is 0. The van der Waals surface area contributed by atoms with Crippen LogP contribution in [-0.2, 0) is 4.79 Å². The second kappa shape index (κ2) is 8.14. The number of ether oxygens (including phenoxy) is 2. The number of halogens is 1. The van der Waals surface area contributed by atoms with Crippen molar-refractivity contribution in [1.29, 1.82) is 5.26 Å². The molecule has 1 amide bonds. The van der Waals surface area contributed by atoms with Crippen molar-refractivity contribution in [2.24, 2.45) is 0 Å². The molecule has 0 bridgehead atoms. The van der Waals surface area contributed by atoms with Gasteiger partial charge in [-0.3, -0.25) is 4.79 Å². The lowest BCUT2D eigenvalue weighted by Gasteiger charge is -2.10. The van der Waals surface area contributed by atoms with Crippen LogP contribution in [0.3, 0.4) is 0 Å². The van der Waals surface area contributed by atoms with Gasteiger partial charge in [-0.05, 0) is 35.9 Å². The van der Waals surface area contributed by atoms with Gasteiger partial charge in [-0.2, -0.15) is 5.26 Å². The van der Waals surface area contributed by atoms with Crippen LogP contribution in [0, 0.1) is 11.3 Å². The molecule has 0 unspecified atom stereocenters. The molecule has 2 rings (SSSR count). The van der Waals surface area contributed by atoms with E-state index in [9.17, 15) is 20.3 Å². The minimum Gasteiger partial charge on any atom is -0.504 e. The number of aromatic hydroxyl groups is 2. The number of hydrogen-bond donors (Lipinski definition) is 3. The van der Waals surface area contributed by atoms with Crippen LogP contribution in [0.15, 0.2) is 35.9 Å². The highest BCUT2D eigenvalue weighted by Crippen LogP contribution is 2.35. The Morgan fingerprint density at radius 1 is 1.19 bits per heavy atom. The molecular formula is C18H15ClN2O5. The van der Waals surface area contributed by atoms with Crippen LogP contribution in [0.1, 0.15) is 5.56 Å². The maximum Gasteiger partial charge on any atom is 0.266 e. The van der Waals surface area contributed by atoms with Crippen LogP contribution in [0.2, 0.25) is 5.02 Å². The summed E-state index contributed by atoms with van der Waals surface area (Å²) in [5, 5.41) is 30.7. The van der Waals surface area contributed by atoms with E-state index in [0.717, 1.165) is 0 Å². The van der Waals surface area contributed by atoms with Gasteiger partial charge in [-0.1, -0.05) is 11.6 Å². The zero-order chi connectivity index (χ0) is 19.3. The molecule has 0 saturated heterocycles. The summed E-state index contributed by atoms with van der Waals surface area (Å²) in [5.74, 6) is -0.680. The number of nitrogens with zero attached hydrogens (tertiary/aromatic N) is 1. The number of benzene rings is 2. The Bertz CT molecular complexity index is 895. The molecule has 134 valence electrons. The monoisotopic (exact) mass is 374 g/mol. The van der Waals surface area contributed by atoms with Gasteiger partial charge in [0.25, 0.3) is 5.91 Å². The van der Waals surface area contributed by atoms with Crippen molar-refractivity contribution in [3.8, 4) is 29.1 Å². The van der Waals surface area contributed by atoms with E-state index in [0.29, 0.717) is 17.2 Å². The molecule has 7 nitrogen and oxygen atoms in total. The third-order valence-electron chi connectivity index (χ3n) is 3.38. The molecule has 0 heterocycles. The van der Waals surface area contributed by atoms with Crippen molar-refractivity contribution in [3.05, 3.63) is 46.5 Å². The van der Waals surface area contributed by atoms with Gasteiger partial charge < -0.3 is 25.0 Å². The fourth-order valence-electron chi connectivity index (χ4n) is 2.12. The predicted molar refractivity (Wildman–Crippen MR) is 96.5 cm³/mol. The number of rotatable bonds is 5. The fourth-order valence-corrected chi connectivity index (χ4v) is 2.34. The maximum absolute atomic E-state index is 12.3. The smallest absolute Gasteiger partial charge is 0.266 e. The van der Waals surface area contributed by atoms with E-state index in [1.165, 1.54) is 32.4 Å². The first kappa shape index (κ1) is 19.0. The van der Waals surface area contributed by atoms with Crippen molar-refractivity contribution in [3.63, 3.8) is 0 Å². The Morgan fingerprint density at radius 2 is 1.88 bits per heavy atom. The van der Waals surface area contributed by atoms with Gasteiger partial charge in [0.05, 0.1) is 19.2 Å². The molecule has 0 aromatic heterocycles. The van der Waals surface area contributed by atoms with Gasteiger partial charge in [0.2, 0.25) is 0 Å². The highest BCUT2D eigenvalue weighted by Gasteiger charge is 2.13. The minimum atomic E-state index is -0.664. The molecule has 3 N–H and O–H groups in total. The summed E-state index contributed by atoms with van der Waals surface area (Å²) in [7, 11) is 2.95. The molecule has 0 saturated carbocycles. The van der Waals surface area contributed by atoms with E-state index in [4.69, 9.17) is 21.1 Å². The van der Waals surface area contributed by atoms with Crippen molar-refractivity contribution < 1.29 is 24.5 Å². The summed E-state index contributed by atoms with van der Waals surface area (Å²) in [6.07, 6.45) is 1.24. The van der Waals surface area contributed by atoms with E-state index in [-0.39, 0.29) is 16.2 Å². The van der Waals surface area contributed by atoms with E-state index in [1.54, 1.807) is 24.3 Å². The lowest BCUT2D eigenvalue weighted by molar-refractivity contribution is -0.112. The molecule has 2 aromatic rings. The molecular weight excluding hydrogens is 360 g/mol. The molecule has 0 aliphatic heterocycles. The Kier molecular flexibility index (Phi) is 5.94. The molecule has 0 aliphatic rings. The molecule has 8 heteroatoms. The Hall–Kier alpha value is -3.37. The Labute approximate surface area is 154 Å². The van der Waals surface area contributed by atoms with Crippen LogP contribution in [-0.4, -0.2) is 30.3 Å². The number of nitrogens with one attached hydrogen (secondary N) is 1. The van der Waals surface area contributed by atoms with Crippen molar-refractivity contribution in [2.45, 2.75) is 0 Å². The van der Waals surface area contributed by atoms with E-state index >= 15 is 0 Å². The summed E-state index contributed by atoms with van der Waals surface area (Å²) < 4.78 is 10.3. The van der Waals surface area contributed by atoms with Gasteiger partial charge in [-0.15, -0.1) is 0 Å². The first-order valence-corrected chi connectivity index (χ1v) is 7.64. The lowest BCUT2D eigenvalue weighted by Crippen LogP contribution is -2.13. The van der Waals surface area contributed by atoms with Gasteiger partial charge in [0, 0.05) is 11.8 Å². The molecule has 0 spiro atoms. The van der Waals surface area contributed by atoms with E-state index < -0.39 is 17.4 Å². The van der Waals surface area contributed by atoms with Gasteiger partial charge in [-0.25, -0.2) is 0 Å². The van der Waals surface area contributed by atoms with Crippen LogP contribution in [0.25, 0.3) is 6.08 Å². The molecule has 0 fully saturated rings. The molecule has 0 atom stereocenters. The second-order valence-corrected chi connectivity index (χ2v) is 5.47. The third kappa shape index (κ3) is 4.18. The van der Waals surface area contributed by atoms with Crippen LogP contribution in [0.4, 0.5) is 5.69 Å². The zero-order valence-corrected chi connectivity index (χ0v) is 14.7. The minimum absolute atomic E-state index is 0.103. The highest BCUT2D eigenvalue weighted by atomic mass is 35.5. The first-order valence-electron chi connectivity index (χ1n) is 7.26. The van der Waals surface area contributed by atoms with Gasteiger partial charge >= 0.3 is 0 Å². The van der Waals surface area contributed by atoms with Crippen molar-refractivity contribution in [1.82, 2.24) is 0 Å². The Balaban J connectivity index is 2.28. The van der Waals surface area contributed by atoms with E-state index in [1.807, 2.05) is 0 Å². The summed E-state index contributed by atoms with van der Waals surface area (Å²) in [5.41, 5.74) is 0.464. The highest BCUT2D eigenvalue weighted by molar-refractivity contribution is 6.32. The van der Waals surface area contributed by atoms with Crippen LogP contribution >= 0.6 is 11.6 Å². The SMILES string of the molecule is COc1ccc(NC(=O)/C(C#N)=C/c2cc(O)c(O)c(Cl)c2)cc1OC. The molecule has 0 aliphatic carbocycles. The normalized spacial score (nSPS) is 10.8. The van der Waals surface area contributed by atoms with Crippen LogP contribution < -0.4 is 14.8 Å². The second-order valence-electron chi connectivity index (χ2n) is 5.06. The van der Waals surface area contributed by atoms with E-state index in [2.05, 4.69) is 5.32 Å². The number of nitriles is 1. The van der Waals surface area contributed by atoms with Crippen molar-refractivity contribution in [2.75, 3.05) is 19.5 Å². The predicted octanol–water partition coefficient (Wildman–Crippen LogP) is 3.31. The number of carbonyl (C=O) groups is 1. The van der Waals surface area contributed by atoms with Gasteiger partial charge in [0.1, 0.15) is 11.6 Å². The number of hydrogen-bond acceptors (Lipinski definition) is 6. The number of carbonyl (C=O) groups excluding carboxylic acids is 1. The quantitative estimate of drug-likeness (QED) is 0.420. The molecule has 2 aromatic carbocycles. The average molecular weight is 375 g/mol. The number of phenolic OH excluding ortho intramolecular Hbond substituents is 2. The molecule has 26 heavy (non-hydrogen) atoms.